The number of benzene rings is 1. The zero-order valence-electron chi connectivity index (χ0n) is 12.8. The number of hydrogen-bond donors (Lipinski definition) is 2. The first-order valence-electron chi connectivity index (χ1n) is 6.71. The summed E-state index contributed by atoms with van der Waals surface area (Å²) in [6.07, 6.45) is 0. The summed E-state index contributed by atoms with van der Waals surface area (Å²) < 4.78 is 0. The van der Waals surface area contributed by atoms with Gasteiger partial charge in [-0.1, -0.05) is 0 Å². The quantitative estimate of drug-likeness (QED) is 0.850. The SMILES string of the molecule is Cc1ccc(NC(=O)c2cc(N)ccc2N(C)C)c(C)n1. The normalized spacial score (nSPS) is 10.3. The molecule has 0 aliphatic rings. The van der Waals surface area contributed by atoms with Crippen molar-refractivity contribution in [2.24, 2.45) is 0 Å². The van der Waals surface area contributed by atoms with Gasteiger partial charge in [0.05, 0.1) is 16.9 Å². The second kappa shape index (κ2) is 5.83. The maximum absolute atomic E-state index is 12.5. The molecule has 0 saturated heterocycles. The Balaban J connectivity index is 2.34. The fourth-order valence-corrected chi connectivity index (χ4v) is 2.13. The van der Waals surface area contributed by atoms with E-state index < -0.39 is 0 Å². The van der Waals surface area contributed by atoms with E-state index in [0.29, 0.717) is 16.9 Å². The van der Waals surface area contributed by atoms with Gasteiger partial charge in [0, 0.05) is 31.2 Å². The van der Waals surface area contributed by atoms with Crippen LogP contribution < -0.4 is 16.0 Å². The van der Waals surface area contributed by atoms with Gasteiger partial charge in [-0.2, -0.15) is 0 Å². The van der Waals surface area contributed by atoms with Crippen molar-refractivity contribution < 1.29 is 4.79 Å². The van der Waals surface area contributed by atoms with Crippen LogP contribution in [-0.2, 0) is 0 Å². The summed E-state index contributed by atoms with van der Waals surface area (Å²) in [5.74, 6) is -0.195. The molecule has 0 spiro atoms. The van der Waals surface area contributed by atoms with Crippen LogP contribution in [0.4, 0.5) is 17.1 Å². The molecule has 0 unspecified atom stereocenters. The zero-order chi connectivity index (χ0) is 15.6. The zero-order valence-corrected chi connectivity index (χ0v) is 12.8. The monoisotopic (exact) mass is 284 g/mol. The fraction of sp³-hybridized carbons (Fsp3) is 0.250. The lowest BCUT2D eigenvalue weighted by atomic mass is 10.1. The average Bonchev–Trinajstić information content (AvgIpc) is 2.41. The molecule has 1 amide bonds. The lowest BCUT2D eigenvalue weighted by molar-refractivity contribution is 0.102. The number of anilines is 3. The van der Waals surface area contributed by atoms with Gasteiger partial charge in [0.1, 0.15) is 0 Å². The van der Waals surface area contributed by atoms with E-state index in [2.05, 4.69) is 10.3 Å². The minimum Gasteiger partial charge on any atom is -0.399 e. The van der Waals surface area contributed by atoms with E-state index in [1.807, 2.05) is 51.0 Å². The van der Waals surface area contributed by atoms with E-state index in [0.717, 1.165) is 17.1 Å². The van der Waals surface area contributed by atoms with Crippen LogP contribution in [-0.4, -0.2) is 25.0 Å². The third-order valence-corrected chi connectivity index (χ3v) is 3.22. The van der Waals surface area contributed by atoms with Crippen molar-refractivity contribution in [3.63, 3.8) is 0 Å². The Morgan fingerprint density at radius 2 is 1.90 bits per heavy atom. The second-order valence-corrected chi connectivity index (χ2v) is 5.21. The molecule has 1 aromatic heterocycles. The smallest absolute Gasteiger partial charge is 0.257 e. The van der Waals surface area contributed by atoms with Crippen LogP contribution in [0.1, 0.15) is 21.7 Å². The third-order valence-electron chi connectivity index (χ3n) is 3.22. The first-order chi connectivity index (χ1) is 9.88. The van der Waals surface area contributed by atoms with Gasteiger partial charge in [0.25, 0.3) is 5.91 Å². The van der Waals surface area contributed by atoms with E-state index in [4.69, 9.17) is 5.73 Å². The van der Waals surface area contributed by atoms with Crippen molar-refractivity contribution in [1.29, 1.82) is 0 Å². The number of nitrogens with one attached hydrogen (secondary N) is 1. The van der Waals surface area contributed by atoms with Gasteiger partial charge < -0.3 is 16.0 Å². The highest BCUT2D eigenvalue weighted by Crippen LogP contribution is 2.23. The number of carbonyl (C=O) groups excluding carboxylic acids is 1. The molecule has 0 radical (unpaired) electrons. The molecule has 5 heteroatoms. The molecular weight excluding hydrogens is 264 g/mol. The second-order valence-electron chi connectivity index (χ2n) is 5.21. The maximum atomic E-state index is 12.5. The number of carbonyl (C=O) groups is 1. The first-order valence-corrected chi connectivity index (χ1v) is 6.71. The Morgan fingerprint density at radius 1 is 1.19 bits per heavy atom. The van der Waals surface area contributed by atoms with Gasteiger partial charge in [-0.15, -0.1) is 0 Å². The third kappa shape index (κ3) is 3.31. The molecule has 0 bridgehead atoms. The number of nitrogen functional groups attached to an aromatic ring is 1. The molecule has 2 rings (SSSR count). The molecule has 21 heavy (non-hydrogen) atoms. The molecule has 3 N–H and O–H groups in total. The minimum atomic E-state index is -0.195. The lowest BCUT2D eigenvalue weighted by Crippen LogP contribution is -2.19. The van der Waals surface area contributed by atoms with Crippen LogP contribution in [0.2, 0.25) is 0 Å². The van der Waals surface area contributed by atoms with Crippen LogP contribution in [0.5, 0.6) is 0 Å². The van der Waals surface area contributed by atoms with E-state index in [-0.39, 0.29) is 5.91 Å². The number of nitrogens with two attached hydrogens (primary N) is 1. The topological polar surface area (TPSA) is 71.2 Å². The number of nitrogens with zero attached hydrogens (tertiary/aromatic N) is 2. The summed E-state index contributed by atoms with van der Waals surface area (Å²) >= 11 is 0. The Bertz CT molecular complexity index is 680. The van der Waals surface area contributed by atoms with Crippen LogP contribution in [0, 0.1) is 13.8 Å². The highest BCUT2D eigenvalue weighted by molar-refractivity contribution is 6.08. The summed E-state index contributed by atoms with van der Waals surface area (Å²) in [7, 11) is 3.78. The van der Waals surface area contributed by atoms with Crippen LogP contribution in [0.25, 0.3) is 0 Å². The highest BCUT2D eigenvalue weighted by atomic mass is 16.1. The fourth-order valence-electron chi connectivity index (χ4n) is 2.13. The Labute approximate surface area is 124 Å². The van der Waals surface area contributed by atoms with Crippen LogP contribution >= 0.6 is 0 Å². The molecule has 1 heterocycles. The molecule has 0 fully saturated rings. The van der Waals surface area contributed by atoms with Crippen molar-refractivity contribution in [1.82, 2.24) is 4.98 Å². The number of aromatic nitrogens is 1. The first kappa shape index (κ1) is 14.8. The van der Waals surface area contributed by atoms with E-state index in [9.17, 15) is 4.79 Å². The molecule has 0 saturated carbocycles. The molecule has 0 atom stereocenters. The molecule has 5 nitrogen and oxygen atoms in total. The average molecular weight is 284 g/mol. The van der Waals surface area contributed by atoms with E-state index >= 15 is 0 Å². The van der Waals surface area contributed by atoms with Gasteiger partial charge in [-0.3, -0.25) is 9.78 Å². The summed E-state index contributed by atoms with van der Waals surface area (Å²) in [5, 5.41) is 2.89. The number of pyridine rings is 1. The van der Waals surface area contributed by atoms with Crippen molar-refractivity contribution in [2.45, 2.75) is 13.8 Å². The van der Waals surface area contributed by atoms with E-state index in [1.54, 1.807) is 12.1 Å². The number of hydrogen-bond acceptors (Lipinski definition) is 4. The molecular formula is C16H20N4O. The Hall–Kier alpha value is -2.56. The van der Waals surface area contributed by atoms with Crippen LogP contribution in [0.15, 0.2) is 30.3 Å². The molecule has 2 aromatic rings. The van der Waals surface area contributed by atoms with Gasteiger partial charge in [0.15, 0.2) is 0 Å². The number of amides is 1. The predicted octanol–water partition coefficient (Wildman–Crippen LogP) is 2.60. The molecule has 110 valence electrons. The van der Waals surface area contributed by atoms with Gasteiger partial charge in [0.2, 0.25) is 0 Å². The van der Waals surface area contributed by atoms with Gasteiger partial charge in [-0.25, -0.2) is 0 Å². The van der Waals surface area contributed by atoms with Crippen molar-refractivity contribution >= 4 is 23.0 Å². The summed E-state index contributed by atoms with van der Waals surface area (Å²) in [6, 6.07) is 9.03. The van der Waals surface area contributed by atoms with Crippen molar-refractivity contribution in [3.8, 4) is 0 Å². The highest BCUT2D eigenvalue weighted by Gasteiger charge is 2.14. The number of rotatable bonds is 3. The Kier molecular flexibility index (Phi) is 4.12. The summed E-state index contributed by atoms with van der Waals surface area (Å²) in [5.41, 5.74) is 10.1. The molecule has 1 aromatic carbocycles. The maximum Gasteiger partial charge on any atom is 0.257 e. The summed E-state index contributed by atoms with van der Waals surface area (Å²) in [4.78, 5) is 18.7. The summed E-state index contributed by atoms with van der Waals surface area (Å²) in [6.45, 7) is 3.79. The van der Waals surface area contributed by atoms with Crippen LogP contribution in [0.3, 0.4) is 0 Å². The van der Waals surface area contributed by atoms with E-state index in [1.165, 1.54) is 0 Å². The predicted molar refractivity (Wildman–Crippen MR) is 86.8 cm³/mol. The standard InChI is InChI=1S/C16H20N4O/c1-10-5-7-14(11(2)18-10)19-16(21)13-9-12(17)6-8-15(13)20(3)4/h5-9H,17H2,1-4H3,(H,19,21). The molecule has 0 aliphatic heterocycles. The number of aryl methyl sites for hydroxylation is 2. The largest absolute Gasteiger partial charge is 0.399 e. The lowest BCUT2D eigenvalue weighted by Gasteiger charge is -2.18. The van der Waals surface area contributed by atoms with Gasteiger partial charge >= 0.3 is 0 Å². The van der Waals surface area contributed by atoms with Crippen molar-refractivity contribution in [3.05, 3.63) is 47.3 Å². The minimum absolute atomic E-state index is 0.195. The Morgan fingerprint density at radius 3 is 2.52 bits per heavy atom. The molecule has 0 aliphatic carbocycles. The van der Waals surface area contributed by atoms with Gasteiger partial charge in [-0.05, 0) is 44.2 Å². The van der Waals surface area contributed by atoms with Crippen molar-refractivity contribution in [2.75, 3.05) is 30.0 Å².